The lowest BCUT2D eigenvalue weighted by Crippen LogP contribution is -2.26. The van der Waals surface area contributed by atoms with E-state index in [2.05, 4.69) is 24.5 Å². The van der Waals surface area contributed by atoms with Gasteiger partial charge in [0.1, 0.15) is 0 Å². The zero-order valence-corrected chi connectivity index (χ0v) is 11.4. The van der Waals surface area contributed by atoms with Crippen molar-refractivity contribution in [3.05, 3.63) is 0 Å². The zero-order valence-electron chi connectivity index (χ0n) is 11.4. The van der Waals surface area contributed by atoms with E-state index < -0.39 is 0 Å². The molecule has 0 heterocycles. The fourth-order valence-corrected chi connectivity index (χ4v) is 0.948. The molecule has 0 saturated carbocycles. The molecule has 98 valence electrons. The Labute approximate surface area is 100 Å². The van der Waals surface area contributed by atoms with Gasteiger partial charge in [-0.2, -0.15) is 0 Å². The van der Waals surface area contributed by atoms with E-state index in [9.17, 15) is 4.79 Å². The highest BCUT2D eigenvalue weighted by Crippen LogP contribution is 1.88. The molecule has 0 aliphatic heterocycles. The highest BCUT2D eigenvalue weighted by atomic mass is 16.5. The number of ether oxygens (including phenoxy) is 1. The van der Waals surface area contributed by atoms with Gasteiger partial charge in [0.25, 0.3) is 0 Å². The van der Waals surface area contributed by atoms with Crippen LogP contribution in [-0.4, -0.2) is 32.3 Å². The molecule has 2 N–H and O–H groups in total. The van der Waals surface area contributed by atoms with Crippen LogP contribution in [0.15, 0.2) is 0 Å². The van der Waals surface area contributed by atoms with Crippen molar-refractivity contribution in [1.29, 1.82) is 0 Å². The summed E-state index contributed by atoms with van der Waals surface area (Å²) < 4.78 is 4.90. The fourth-order valence-electron chi connectivity index (χ4n) is 0.948. The Kier molecular flexibility index (Phi) is 15.7. The molecule has 0 aliphatic rings. The second-order valence-electron chi connectivity index (χ2n) is 3.62. The first-order chi connectivity index (χ1) is 7.66. The molecule has 0 aromatic carbocycles. The molecule has 0 aromatic heterocycles. The Hall–Kier alpha value is -0.770. The van der Waals surface area contributed by atoms with E-state index in [1.807, 2.05) is 20.8 Å². The molecule has 0 radical (unpaired) electrons. The van der Waals surface area contributed by atoms with Gasteiger partial charge in [-0.1, -0.05) is 27.7 Å². The molecule has 0 aromatic rings. The van der Waals surface area contributed by atoms with E-state index in [0.29, 0.717) is 19.1 Å². The maximum Gasteiger partial charge on any atom is 0.407 e. The number of amides is 1. The highest BCUT2D eigenvalue weighted by molar-refractivity contribution is 5.66. The molecule has 0 fully saturated rings. The maximum absolute atomic E-state index is 10.8. The normalized spacial score (nSPS) is 9.38. The number of nitrogens with one attached hydrogen (secondary N) is 2. The van der Waals surface area contributed by atoms with Crippen LogP contribution in [0.4, 0.5) is 4.79 Å². The van der Waals surface area contributed by atoms with E-state index in [-0.39, 0.29) is 6.09 Å². The molecule has 16 heavy (non-hydrogen) atoms. The Morgan fingerprint density at radius 1 is 1.31 bits per heavy atom. The van der Waals surface area contributed by atoms with Gasteiger partial charge in [-0.25, -0.2) is 4.79 Å². The number of hydrogen-bond donors (Lipinski definition) is 2. The number of carbonyl (C=O) groups is 1. The van der Waals surface area contributed by atoms with E-state index in [4.69, 9.17) is 4.74 Å². The summed E-state index contributed by atoms with van der Waals surface area (Å²) in [7, 11) is 0. The van der Waals surface area contributed by atoms with Gasteiger partial charge in [-0.15, -0.1) is 0 Å². The Morgan fingerprint density at radius 2 is 1.94 bits per heavy atom. The van der Waals surface area contributed by atoms with Crippen molar-refractivity contribution in [1.82, 2.24) is 10.6 Å². The molecule has 0 atom stereocenters. The predicted molar refractivity (Wildman–Crippen MR) is 68.7 cm³/mol. The van der Waals surface area contributed by atoms with Crippen LogP contribution < -0.4 is 10.6 Å². The summed E-state index contributed by atoms with van der Waals surface area (Å²) in [6.45, 7) is 13.2. The Balaban J connectivity index is 0. The summed E-state index contributed by atoms with van der Waals surface area (Å²) in [5, 5.41) is 5.85. The fraction of sp³-hybridized carbons (Fsp3) is 0.917. The lowest BCUT2D eigenvalue weighted by molar-refractivity contribution is 0.145. The largest absolute Gasteiger partial charge is 0.450 e. The molecule has 4 nitrogen and oxygen atoms in total. The molecule has 4 heteroatoms. The van der Waals surface area contributed by atoms with Crippen LogP contribution in [0.3, 0.4) is 0 Å². The minimum absolute atomic E-state index is 0.323. The second-order valence-corrected chi connectivity index (χ2v) is 3.62. The summed E-state index contributed by atoms with van der Waals surface area (Å²) in [5.74, 6) is 0.666. The van der Waals surface area contributed by atoms with Crippen LogP contribution in [0.2, 0.25) is 0 Å². The molecule has 0 unspecified atom stereocenters. The van der Waals surface area contributed by atoms with Gasteiger partial charge in [-0.3, -0.25) is 0 Å². The summed E-state index contributed by atoms with van der Waals surface area (Å²) in [4.78, 5) is 10.8. The first-order valence-corrected chi connectivity index (χ1v) is 6.28. The molecule has 0 saturated heterocycles. The standard InChI is InChI=1S/C10H22N2O2.C2H6/c1-4-12-10(13)14-7-5-6-11-8-9(2)3;1-2/h9,11H,4-8H2,1-3H3,(H,12,13);1-2H3. The first-order valence-electron chi connectivity index (χ1n) is 6.28. The van der Waals surface area contributed by atoms with E-state index >= 15 is 0 Å². The zero-order chi connectivity index (χ0) is 12.8. The summed E-state index contributed by atoms with van der Waals surface area (Å²) >= 11 is 0. The van der Waals surface area contributed by atoms with Crippen molar-refractivity contribution < 1.29 is 9.53 Å². The molecular weight excluding hydrogens is 204 g/mol. The minimum atomic E-state index is -0.323. The van der Waals surface area contributed by atoms with Crippen LogP contribution in [-0.2, 0) is 4.74 Å². The third kappa shape index (κ3) is 15.7. The topological polar surface area (TPSA) is 50.4 Å². The molecule has 0 rings (SSSR count). The highest BCUT2D eigenvalue weighted by Gasteiger charge is 1.98. The van der Waals surface area contributed by atoms with Crippen molar-refractivity contribution in [2.24, 2.45) is 5.92 Å². The summed E-state index contributed by atoms with van der Waals surface area (Å²) in [6.07, 6.45) is 0.542. The summed E-state index contributed by atoms with van der Waals surface area (Å²) in [6, 6.07) is 0. The van der Waals surface area contributed by atoms with Gasteiger partial charge >= 0.3 is 6.09 Å². The van der Waals surface area contributed by atoms with E-state index in [1.165, 1.54) is 0 Å². The van der Waals surface area contributed by atoms with Gasteiger partial charge in [0.15, 0.2) is 0 Å². The number of carbonyl (C=O) groups excluding carboxylic acids is 1. The van der Waals surface area contributed by atoms with E-state index in [1.54, 1.807) is 0 Å². The third-order valence-electron chi connectivity index (χ3n) is 1.60. The maximum atomic E-state index is 10.8. The van der Waals surface area contributed by atoms with Crippen LogP contribution in [0.5, 0.6) is 0 Å². The van der Waals surface area contributed by atoms with Crippen molar-refractivity contribution in [2.45, 2.75) is 41.0 Å². The average molecular weight is 232 g/mol. The van der Waals surface area contributed by atoms with Crippen LogP contribution in [0.25, 0.3) is 0 Å². The smallest absolute Gasteiger partial charge is 0.407 e. The Morgan fingerprint density at radius 3 is 2.44 bits per heavy atom. The SMILES string of the molecule is CC.CCNC(=O)OCCCNCC(C)C. The Bertz CT molecular complexity index is 150. The number of hydrogen-bond acceptors (Lipinski definition) is 3. The van der Waals surface area contributed by atoms with Crippen molar-refractivity contribution in [2.75, 3.05) is 26.2 Å². The minimum Gasteiger partial charge on any atom is -0.450 e. The first kappa shape index (κ1) is 17.6. The monoisotopic (exact) mass is 232 g/mol. The van der Waals surface area contributed by atoms with Gasteiger partial charge in [-0.05, 0) is 32.4 Å². The van der Waals surface area contributed by atoms with Crippen LogP contribution in [0.1, 0.15) is 41.0 Å². The van der Waals surface area contributed by atoms with Gasteiger partial charge in [0, 0.05) is 6.54 Å². The van der Waals surface area contributed by atoms with E-state index in [0.717, 1.165) is 19.5 Å². The summed E-state index contributed by atoms with van der Waals surface area (Å²) in [5.41, 5.74) is 0. The second kappa shape index (κ2) is 14.2. The van der Waals surface area contributed by atoms with Gasteiger partial charge < -0.3 is 15.4 Å². The number of alkyl carbamates (subject to hydrolysis) is 1. The van der Waals surface area contributed by atoms with Crippen LogP contribution in [0, 0.1) is 5.92 Å². The van der Waals surface area contributed by atoms with Crippen molar-refractivity contribution >= 4 is 6.09 Å². The molecular formula is C12H28N2O2. The van der Waals surface area contributed by atoms with Crippen molar-refractivity contribution in [3.8, 4) is 0 Å². The van der Waals surface area contributed by atoms with Gasteiger partial charge in [0.2, 0.25) is 0 Å². The molecule has 1 amide bonds. The average Bonchev–Trinajstić information content (AvgIpc) is 2.26. The lowest BCUT2D eigenvalue weighted by atomic mass is 10.2. The van der Waals surface area contributed by atoms with Gasteiger partial charge in [0.05, 0.1) is 6.61 Å². The third-order valence-corrected chi connectivity index (χ3v) is 1.60. The van der Waals surface area contributed by atoms with Crippen molar-refractivity contribution in [3.63, 3.8) is 0 Å². The molecule has 0 spiro atoms. The number of rotatable bonds is 7. The van der Waals surface area contributed by atoms with Crippen LogP contribution >= 0.6 is 0 Å². The lowest BCUT2D eigenvalue weighted by Gasteiger charge is -2.07. The molecule has 0 bridgehead atoms. The predicted octanol–water partition coefficient (Wildman–Crippen LogP) is 2.39. The molecule has 0 aliphatic carbocycles. The quantitative estimate of drug-likeness (QED) is 0.663.